The fraction of sp³-hybridized carbons (Fsp3) is 0.200. The highest BCUT2D eigenvalue weighted by Crippen LogP contribution is 2.10. The smallest absolute Gasteiger partial charge is 0.196 e. The molecule has 0 aliphatic rings. The van der Waals surface area contributed by atoms with Crippen molar-refractivity contribution < 1.29 is 4.79 Å². The second kappa shape index (κ2) is 3.61. The first kappa shape index (κ1) is 9.51. The molecule has 2 aromatic heterocycles. The van der Waals surface area contributed by atoms with Gasteiger partial charge in [0.2, 0.25) is 0 Å². The van der Waals surface area contributed by atoms with Crippen molar-refractivity contribution in [3.8, 4) is 11.6 Å². The number of hydrogen-bond donors (Lipinski definition) is 1. The Morgan fingerprint density at radius 2 is 2.20 bits per heavy atom. The van der Waals surface area contributed by atoms with Gasteiger partial charge in [-0.25, -0.2) is 15.0 Å². The molecular formula is C10H10N4O. The number of rotatable bonds is 2. The Hall–Kier alpha value is -2.04. The summed E-state index contributed by atoms with van der Waals surface area (Å²) in [6.45, 7) is 3.30. The van der Waals surface area contributed by atoms with E-state index in [-0.39, 0.29) is 5.78 Å². The topological polar surface area (TPSA) is 71.5 Å². The van der Waals surface area contributed by atoms with E-state index in [2.05, 4.69) is 19.9 Å². The number of nitrogens with zero attached hydrogens (tertiary/aromatic N) is 3. The lowest BCUT2D eigenvalue weighted by Gasteiger charge is -2.00. The molecule has 0 saturated heterocycles. The highest BCUT2D eigenvalue weighted by molar-refractivity contribution is 5.92. The quantitative estimate of drug-likeness (QED) is 0.747. The SMILES string of the molecule is CC(=O)c1cc(C)nc(-c2ncc[nH]2)n1. The van der Waals surface area contributed by atoms with Gasteiger partial charge in [0, 0.05) is 25.0 Å². The molecule has 76 valence electrons. The maximum Gasteiger partial charge on any atom is 0.196 e. The van der Waals surface area contributed by atoms with E-state index >= 15 is 0 Å². The molecule has 0 bridgehead atoms. The van der Waals surface area contributed by atoms with Crippen LogP contribution in [0.2, 0.25) is 0 Å². The zero-order valence-corrected chi connectivity index (χ0v) is 8.48. The van der Waals surface area contributed by atoms with Gasteiger partial charge >= 0.3 is 0 Å². The van der Waals surface area contributed by atoms with Crippen molar-refractivity contribution in [2.75, 3.05) is 0 Å². The summed E-state index contributed by atoms with van der Waals surface area (Å²) in [4.78, 5) is 26.5. The summed E-state index contributed by atoms with van der Waals surface area (Å²) in [5.41, 5.74) is 1.16. The molecule has 2 rings (SSSR count). The number of aromatic amines is 1. The molecule has 0 amide bonds. The van der Waals surface area contributed by atoms with E-state index in [1.807, 2.05) is 6.92 Å². The third kappa shape index (κ3) is 1.90. The average Bonchev–Trinajstić information content (AvgIpc) is 2.69. The number of aromatic nitrogens is 4. The first-order valence-electron chi connectivity index (χ1n) is 4.53. The first-order chi connectivity index (χ1) is 7.16. The predicted octanol–water partition coefficient (Wildman–Crippen LogP) is 1.38. The Balaban J connectivity index is 2.54. The number of hydrogen-bond acceptors (Lipinski definition) is 4. The molecule has 0 saturated carbocycles. The van der Waals surface area contributed by atoms with E-state index < -0.39 is 0 Å². The van der Waals surface area contributed by atoms with Crippen LogP contribution in [0.5, 0.6) is 0 Å². The van der Waals surface area contributed by atoms with Gasteiger partial charge in [-0.05, 0) is 13.0 Å². The molecule has 1 N–H and O–H groups in total. The summed E-state index contributed by atoms with van der Waals surface area (Å²) in [7, 11) is 0. The summed E-state index contributed by atoms with van der Waals surface area (Å²) in [5, 5.41) is 0. The Morgan fingerprint density at radius 3 is 2.80 bits per heavy atom. The molecule has 0 aliphatic heterocycles. The van der Waals surface area contributed by atoms with Crippen molar-refractivity contribution in [1.82, 2.24) is 19.9 Å². The highest BCUT2D eigenvalue weighted by atomic mass is 16.1. The minimum atomic E-state index is -0.0756. The molecule has 5 heteroatoms. The van der Waals surface area contributed by atoms with Crippen molar-refractivity contribution in [3.05, 3.63) is 29.8 Å². The van der Waals surface area contributed by atoms with Gasteiger partial charge in [-0.1, -0.05) is 0 Å². The fourth-order valence-electron chi connectivity index (χ4n) is 1.24. The lowest BCUT2D eigenvalue weighted by atomic mass is 10.2. The molecular weight excluding hydrogens is 192 g/mol. The molecule has 5 nitrogen and oxygen atoms in total. The molecule has 0 unspecified atom stereocenters. The summed E-state index contributed by atoms with van der Waals surface area (Å²) < 4.78 is 0. The van der Waals surface area contributed by atoms with Crippen LogP contribution in [0, 0.1) is 6.92 Å². The maximum absolute atomic E-state index is 11.2. The van der Waals surface area contributed by atoms with E-state index in [9.17, 15) is 4.79 Å². The van der Waals surface area contributed by atoms with Crippen molar-refractivity contribution in [1.29, 1.82) is 0 Å². The van der Waals surface area contributed by atoms with E-state index in [0.29, 0.717) is 17.3 Å². The van der Waals surface area contributed by atoms with Gasteiger partial charge in [0.05, 0.1) is 0 Å². The third-order valence-corrected chi connectivity index (χ3v) is 1.92. The lowest BCUT2D eigenvalue weighted by molar-refractivity contribution is 0.101. The van der Waals surface area contributed by atoms with Crippen LogP contribution in [0.1, 0.15) is 23.1 Å². The van der Waals surface area contributed by atoms with E-state index in [4.69, 9.17) is 0 Å². The minimum absolute atomic E-state index is 0.0756. The van der Waals surface area contributed by atoms with Crippen LogP contribution < -0.4 is 0 Å². The molecule has 0 atom stereocenters. The monoisotopic (exact) mass is 202 g/mol. The van der Waals surface area contributed by atoms with Gasteiger partial charge in [-0.2, -0.15) is 0 Å². The Bertz CT molecular complexity index is 490. The van der Waals surface area contributed by atoms with Crippen LogP contribution >= 0.6 is 0 Å². The van der Waals surface area contributed by atoms with Gasteiger partial charge in [0.1, 0.15) is 5.69 Å². The van der Waals surface area contributed by atoms with Gasteiger partial charge < -0.3 is 4.98 Å². The van der Waals surface area contributed by atoms with E-state index in [1.54, 1.807) is 18.5 Å². The van der Waals surface area contributed by atoms with Crippen LogP contribution in [0.3, 0.4) is 0 Å². The highest BCUT2D eigenvalue weighted by Gasteiger charge is 2.09. The predicted molar refractivity (Wildman–Crippen MR) is 54.4 cm³/mol. The lowest BCUT2D eigenvalue weighted by Crippen LogP contribution is -2.02. The summed E-state index contributed by atoms with van der Waals surface area (Å²) in [5.74, 6) is 0.944. The maximum atomic E-state index is 11.2. The normalized spacial score (nSPS) is 10.3. The molecule has 2 aromatic rings. The number of ketones is 1. The van der Waals surface area contributed by atoms with Crippen molar-refractivity contribution >= 4 is 5.78 Å². The molecule has 2 heterocycles. The molecule has 0 aromatic carbocycles. The van der Waals surface area contributed by atoms with Crippen LogP contribution in [0.15, 0.2) is 18.5 Å². The van der Waals surface area contributed by atoms with Gasteiger partial charge in [-0.15, -0.1) is 0 Å². The standard InChI is InChI=1S/C10H10N4O/c1-6-5-8(7(2)15)14-10(13-6)9-11-3-4-12-9/h3-5H,1-2H3,(H,11,12). The number of nitrogens with one attached hydrogen (secondary N) is 1. The average molecular weight is 202 g/mol. The number of aryl methyl sites for hydroxylation is 1. The Kier molecular flexibility index (Phi) is 2.29. The largest absolute Gasteiger partial charge is 0.342 e. The number of imidazole rings is 1. The first-order valence-corrected chi connectivity index (χ1v) is 4.53. The second-order valence-electron chi connectivity index (χ2n) is 3.21. The fourth-order valence-corrected chi connectivity index (χ4v) is 1.24. The number of carbonyl (C=O) groups excluding carboxylic acids is 1. The number of H-pyrrole nitrogens is 1. The third-order valence-electron chi connectivity index (χ3n) is 1.92. The van der Waals surface area contributed by atoms with Gasteiger partial charge in [0.15, 0.2) is 17.4 Å². The summed E-state index contributed by atoms with van der Waals surface area (Å²) in [6, 6.07) is 1.66. The van der Waals surface area contributed by atoms with Crippen LogP contribution in [0.25, 0.3) is 11.6 Å². The van der Waals surface area contributed by atoms with Crippen LogP contribution in [0.4, 0.5) is 0 Å². The Morgan fingerprint density at radius 1 is 1.40 bits per heavy atom. The minimum Gasteiger partial charge on any atom is -0.342 e. The van der Waals surface area contributed by atoms with Crippen LogP contribution in [-0.4, -0.2) is 25.7 Å². The zero-order chi connectivity index (χ0) is 10.8. The van der Waals surface area contributed by atoms with Gasteiger partial charge in [-0.3, -0.25) is 4.79 Å². The number of Topliss-reactive ketones (excluding diaryl/α,β-unsaturated/α-hetero) is 1. The van der Waals surface area contributed by atoms with E-state index in [1.165, 1.54) is 6.92 Å². The van der Waals surface area contributed by atoms with Crippen molar-refractivity contribution in [2.24, 2.45) is 0 Å². The molecule has 0 radical (unpaired) electrons. The molecule has 0 spiro atoms. The summed E-state index contributed by atoms with van der Waals surface area (Å²) >= 11 is 0. The molecule has 0 aliphatic carbocycles. The molecule has 0 fully saturated rings. The molecule has 15 heavy (non-hydrogen) atoms. The van der Waals surface area contributed by atoms with Crippen LogP contribution in [-0.2, 0) is 0 Å². The van der Waals surface area contributed by atoms with Crippen molar-refractivity contribution in [2.45, 2.75) is 13.8 Å². The Labute approximate surface area is 86.6 Å². The van der Waals surface area contributed by atoms with E-state index in [0.717, 1.165) is 5.69 Å². The second-order valence-corrected chi connectivity index (χ2v) is 3.21. The number of carbonyl (C=O) groups is 1. The van der Waals surface area contributed by atoms with Crippen molar-refractivity contribution in [3.63, 3.8) is 0 Å². The summed E-state index contributed by atoms with van der Waals surface area (Å²) in [6.07, 6.45) is 3.31. The zero-order valence-electron chi connectivity index (χ0n) is 8.48. The van der Waals surface area contributed by atoms with Gasteiger partial charge in [0.25, 0.3) is 0 Å².